The summed E-state index contributed by atoms with van der Waals surface area (Å²) in [6.07, 6.45) is 6.10. The lowest BCUT2D eigenvalue weighted by Crippen LogP contribution is -2.27. The molecule has 2 aliphatic rings. The maximum atomic E-state index is 5.77. The Hall–Kier alpha value is -0.0800. The Bertz CT molecular complexity index is 134. The average Bonchev–Trinajstić information content (AvgIpc) is 2.70. The van der Waals surface area contributed by atoms with E-state index in [1.165, 1.54) is 25.7 Å². The van der Waals surface area contributed by atoms with E-state index < -0.39 is 0 Å². The number of rotatable bonds is 2. The van der Waals surface area contributed by atoms with E-state index in [4.69, 9.17) is 9.47 Å². The second kappa shape index (κ2) is 2.76. The van der Waals surface area contributed by atoms with Crippen LogP contribution in [0.25, 0.3) is 0 Å². The van der Waals surface area contributed by atoms with Crippen LogP contribution in [0.15, 0.2) is 0 Å². The first-order valence-electron chi connectivity index (χ1n) is 4.58. The highest BCUT2D eigenvalue weighted by Gasteiger charge is 2.41. The Balaban J connectivity index is 1.76. The lowest BCUT2D eigenvalue weighted by molar-refractivity contribution is -0.192. The zero-order valence-corrected chi connectivity index (χ0v) is 7.14. The molecule has 2 nitrogen and oxygen atoms in total. The summed E-state index contributed by atoms with van der Waals surface area (Å²) in [6, 6.07) is 0. The third-order valence-corrected chi connectivity index (χ3v) is 2.51. The Morgan fingerprint density at radius 2 is 2.18 bits per heavy atom. The monoisotopic (exact) mass is 156 g/mol. The molecule has 1 saturated heterocycles. The molecule has 0 N–H and O–H groups in total. The molecule has 1 aliphatic heterocycles. The second-order valence-corrected chi connectivity index (χ2v) is 3.86. The fraction of sp³-hybridized carbons (Fsp3) is 1.00. The lowest BCUT2D eigenvalue weighted by Gasteiger charge is -2.25. The van der Waals surface area contributed by atoms with Crippen molar-refractivity contribution in [2.75, 3.05) is 6.61 Å². The molecule has 2 fully saturated rings. The van der Waals surface area contributed by atoms with Crippen molar-refractivity contribution >= 4 is 0 Å². The minimum absolute atomic E-state index is 0.108. The molecule has 0 amide bonds. The fourth-order valence-corrected chi connectivity index (χ4v) is 1.42. The van der Waals surface area contributed by atoms with Crippen molar-refractivity contribution in [1.82, 2.24) is 0 Å². The van der Waals surface area contributed by atoms with Crippen LogP contribution in [0.4, 0.5) is 0 Å². The van der Waals surface area contributed by atoms with Crippen LogP contribution in [-0.2, 0) is 9.47 Å². The Labute approximate surface area is 67.9 Å². The maximum Gasteiger partial charge on any atom is 0.158 e. The van der Waals surface area contributed by atoms with Gasteiger partial charge in [0.25, 0.3) is 0 Å². The molecule has 0 aromatic rings. The molecule has 0 spiro atoms. The average molecular weight is 156 g/mol. The van der Waals surface area contributed by atoms with Crippen LogP contribution in [0.3, 0.4) is 0 Å². The van der Waals surface area contributed by atoms with Gasteiger partial charge in [0.2, 0.25) is 0 Å². The van der Waals surface area contributed by atoms with Gasteiger partial charge in [-0.05, 0) is 39.0 Å². The van der Waals surface area contributed by atoms with Crippen molar-refractivity contribution in [3.8, 4) is 0 Å². The standard InChI is InChI=1S/C9H16O2/c1-9(5-6-9)11-8-4-2-3-7-10-8/h8H,2-7H2,1H3. The van der Waals surface area contributed by atoms with E-state index in [-0.39, 0.29) is 11.9 Å². The highest BCUT2D eigenvalue weighted by atomic mass is 16.7. The topological polar surface area (TPSA) is 18.5 Å². The normalized spacial score (nSPS) is 35.2. The third kappa shape index (κ3) is 1.94. The summed E-state index contributed by atoms with van der Waals surface area (Å²) in [6.45, 7) is 3.06. The SMILES string of the molecule is CC1(OC2CCCCO2)CC1. The molecule has 0 aromatic carbocycles. The summed E-state index contributed by atoms with van der Waals surface area (Å²) < 4.78 is 11.2. The third-order valence-electron chi connectivity index (χ3n) is 2.51. The lowest BCUT2D eigenvalue weighted by atomic mass is 10.2. The zero-order valence-electron chi connectivity index (χ0n) is 7.14. The predicted octanol–water partition coefficient (Wildman–Crippen LogP) is 2.08. The zero-order chi connectivity index (χ0) is 7.73. The quantitative estimate of drug-likeness (QED) is 0.609. The van der Waals surface area contributed by atoms with Crippen molar-refractivity contribution in [3.63, 3.8) is 0 Å². The van der Waals surface area contributed by atoms with Crippen molar-refractivity contribution < 1.29 is 9.47 Å². The molecule has 0 radical (unpaired) electrons. The number of ether oxygens (including phenoxy) is 2. The highest BCUT2D eigenvalue weighted by Crippen LogP contribution is 2.40. The van der Waals surface area contributed by atoms with Gasteiger partial charge >= 0.3 is 0 Å². The van der Waals surface area contributed by atoms with Crippen LogP contribution in [0, 0.1) is 0 Å². The highest BCUT2D eigenvalue weighted by molar-refractivity contribution is 4.91. The summed E-state index contributed by atoms with van der Waals surface area (Å²) in [5.74, 6) is 0. The number of hydrogen-bond donors (Lipinski definition) is 0. The molecule has 1 saturated carbocycles. The molecule has 64 valence electrons. The summed E-state index contributed by atoms with van der Waals surface area (Å²) in [5.41, 5.74) is 0.183. The minimum Gasteiger partial charge on any atom is -0.353 e. The van der Waals surface area contributed by atoms with Crippen molar-refractivity contribution in [3.05, 3.63) is 0 Å². The molecule has 1 atom stereocenters. The summed E-state index contributed by atoms with van der Waals surface area (Å²) in [5, 5.41) is 0. The smallest absolute Gasteiger partial charge is 0.158 e. The van der Waals surface area contributed by atoms with E-state index in [9.17, 15) is 0 Å². The van der Waals surface area contributed by atoms with Gasteiger partial charge in [0.1, 0.15) is 0 Å². The van der Waals surface area contributed by atoms with Crippen LogP contribution >= 0.6 is 0 Å². The van der Waals surface area contributed by atoms with Gasteiger partial charge in [-0.2, -0.15) is 0 Å². The molecule has 1 unspecified atom stereocenters. The van der Waals surface area contributed by atoms with Crippen molar-refractivity contribution in [1.29, 1.82) is 0 Å². The molecular weight excluding hydrogens is 140 g/mol. The van der Waals surface area contributed by atoms with E-state index in [0.29, 0.717) is 0 Å². The Kier molecular flexibility index (Phi) is 1.90. The van der Waals surface area contributed by atoms with Crippen LogP contribution in [0.2, 0.25) is 0 Å². The van der Waals surface area contributed by atoms with Crippen LogP contribution < -0.4 is 0 Å². The van der Waals surface area contributed by atoms with E-state index in [1.807, 2.05) is 0 Å². The van der Waals surface area contributed by atoms with Gasteiger partial charge in [-0.25, -0.2) is 0 Å². The van der Waals surface area contributed by atoms with Gasteiger partial charge in [0.05, 0.1) is 5.60 Å². The van der Waals surface area contributed by atoms with E-state index >= 15 is 0 Å². The first kappa shape index (κ1) is 7.56. The summed E-state index contributed by atoms with van der Waals surface area (Å²) in [4.78, 5) is 0. The number of hydrogen-bond acceptors (Lipinski definition) is 2. The summed E-state index contributed by atoms with van der Waals surface area (Å²) in [7, 11) is 0. The van der Waals surface area contributed by atoms with Crippen molar-refractivity contribution in [2.45, 2.75) is 50.9 Å². The maximum absolute atomic E-state index is 5.77. The van der Waals surface area contributed by atoms with Gasteiger partial charge in [0.15, 0.2) is 6.29 Å². The molecule has 2 rings (SSSR count). The molecule has 0 aromatic heterocycles. The van der Waals surface area contributed by atoms with E-state index in [1.54, 1.807) is 0 Å². The Morgan fingerprint density at radius 3 is 2.73 bits per heavy atom. The van der Waals surface area contributed by atoms with E-state index in [0.717, 1.165) is 13.0 Å². The molecular formula is C9H16O2. The van der Waals surface area contributed by atoms with Crippen molar-refractivity contribution in [2.24, 2.45) is 0 Å². The van der Waals surface area contributed by atoms with Gasteiger partial charge in [-0.3, -0.25) is 0 Å². The fourth-order valence-electron chi connectivity index (χ4n) is 1.42. The van der Waals surface area contributed by atoms with Crippen LogP contribution in [0.5, 0.6) is 0 Å². The molecule has 11 heavy (non-hydrogen) atoms. The minimum atomic E-state index is 0.108. The largest absolute Gasteiger partial charge is 0.353 e. The first-order chi connectivity index (χ1) is 5.29. The molecule has 0 bridgehead atoms. The molecule has 1 aliphatic carbocycles. The van der Waals surface area contributed by atoms with Crippen LogP contribution in [-0.4, -0.2) is 18.5 Å². The second-order valence-electron chi connectivity index (χ2n) is 3.86. The first-order valence-corrected chi connectivity index (χ1v) is 4.58. The van der Waals surface area contributed by atoms with Crippen LogP contribution in [0.1, 0.15) is 39.0 Å². The van der Waals surface area contributed by atoms with Gasteiger partial charge in [-0.15, -0.1) is 0 Å². The van der Waals surface area contributed by atoms with E-state index in [2.05, 4.69) is 6.92 Å². The van der Waals surface area contributed by atoms with Gasteiger partial charge in [0, 0.05) is 6.61 Å². The Morgan fingerprint density at radius 1 is 1.36 bits per heavy atom. The predicted molar refractivity (Wildman–Crippen MR) is 42.3 cm³/mol. The molecule has 2 heteroatoms. The summed E-state index contributed by atoms with van der Waals surface area (Å²) >= 11 is 0. The van der Waals surface area contributed by atoms with Gasteiger partial charge < -0.3 is 9.47 Å². The van der Waals surface area contributed by atoms with Gasteiger partial charge in [-0.1, -0.05) is 0 Å². The molecule has 1 heterocycles.